The Kier molecular flexibility index (Phi) is 5.31. The highest BCUT2D eigenvalue weighted by atomic mass is 35.5. The van der Waals surface area contributed by atoms with Gasteiger partial charge in [0.25, 0.3) is 0 Å². The number of rotatable bonds is 6. The molecule has 6 heteroatoms. The summed E-state index contributed by atoms with van der Waals surface area (Å²) in [5.41, 5.74) is 0.943. The summed E-state index contributed by atoms with van der Waals surface area (Å²) < 4.78 is 6.08. The van der Waals surface area contributed by atoms with Crippen LogP contribution in [0.2, 0.25) is 9.49 Å². The Labute approximate surface area is 126 Å². The van der Waals surface area contributed by atoms with E-state index in [0.29, 0.717) is 22.6 Å². The Bertz CT molecular complexity index is 545. The number of hydrogen-bond donors (Lipinski definition) is 1. The molecule has 0 atom stereocenters. The average molecular weight is 317 g/mol. The van der Waals surface area contributed by atoms with E-state index in [1.165, 1.54) is 11.3 Å². The lowest BCUT2D eigenvalue weighted by molar-refractivity contribution is 0.317. The number of halogens is 2. The van der Waals surface area contributed by atoms with Gasteiger partial charge in [0, 0.05) is 16.8 Å². The highest BCUT2D eigenvalue weighted by Gasteiger charge is 2.04. The van der Waals surface area contributed by atoms with E-state index in [1.807, 2.05) is 18.2 Å². The van der Waals surface area contributed by atoms with Gasteiger partial charge >= 0.3 is 0 Å². The molecule has 0 fully saturated rings. The molecule has 2 rings (SSSR count). The van der Waals surface area contributed by atoms with Crippen LogP contribution in [0.25, 0.3) is 0 Å². The number of thiazole rings is 1. The van der Waals surface area contributed by atoms with Crippen molar-refractivity contribution in [2.24, 2.45) is 0 Å². The quantitative estimate of drug-likeness (QED) is 0.827. The first-order valence-corrected chi connectivity index (χ1v) is 7.52. The Morgan fingerprint density at radius 3 is 2.84 bits per heavy atom. The molecule has 0 saturated carbocycles. The minimum atomic E-state index is 0.554. The van der Waals surface area contributed by atoms with Crippen LogP contribution >= 0.6 is 34.5 Å². The van der Waals surface area contributed by atoms with Gasteiger partial charge in [-0.1, -0.05) is 30.1 Å². The molecule has 1 heterocycles. The van der Waals surface area contributed by atoms with Crippen molar-refractivity contribution in [3.63, 3.8) is 0 Å². The Hall–Kier alpha value is -0.970. The maximum absolute atomic E-state index is 6.16. The average Bonchev–Trinajstić information content (AvgIpc) is 2.81. The highest BCUT2D eigenvalue weighted by Crippen LogP contribution is 2.28. The first-order chi connectivity index (χ1) is 9.19. The van der Waals surface area contributed by atoms with Crippen LogP contribution in [0, 0.1) is 0 Å². The van der Waals surface area contributed by atoms with Crippen molar-refractivity contribution in [3.05, 3.63) is 38.8 Å². The molecule has 0 radical (unpaired) electrons. The summed E-state index contributed by atoms with van der Waals surface area (Å²) in [7, 11) is 0. The fraction of sp³-hybridized carbons (Fsp3) is 0.308. The Balaban J connectivity index is 1.95. The SMILES string of the molecule is CCCOc1ccc(NCc2cnc(Cl)s2)cc1Cl. The van der Waals surface area contributed by atoms with Gasteiger partial charge in [-0.2, -0.15) is 0 Å². The molecule has 1 N–H and O–H groups in total. The molecule has 1 aromatic carbocycles. The van der Waals surface area contributed by atoms with Crippen LogP contribution in [0.5, 0.6) is 5.75 Å². The third-order valence-electron chi connectivity index (χ3n) is 2.39. The van der Waals surface area contributed by atoms with E-state index >= 15 is 0 Å². The largest absolute Gasteiger partial charge is 0.492 e. The molecule has 3 nitrogen and oxygen atoms in total. The molecule has 0 aliphatic heterocycles. The summed E-state index contributed by atoms with van der Waals surface area (Å²) in [4.78, 5) is 5.07. The second-order valence-corrected chi connectivity index (χ2v) is 6.03. The number of ether oxygens (including phenoxy) is 1. The molecule has 0 spiro atoms. The smallest absolute Gasteiger partial charge is 0.183 e. The molecule has 102 valence electrons. The van der Waals surface area contributed by atoms with Crippen LogP contribution in [0.4, 0.5) is 5.69 Å². The zero-order valence-electron chi connectivity index (χ0n) is 10.5. The minimum Gasteiger partial charge on any atom is -0.492 e. The van der Waals surface area contributed by atoms with E-state index in [2.05, 4.69) is 17.2 Å². The molecule has 0 saturated heterocycles. The van der Waals surface area contributed by atoms with E-state index in [1.54, 1.807) is 6.20 Å². The van der Waals surface area contributed by atoms with E-state index < -0.39 is 0 Å². The molecule has 0 unspecified atom stereocenters. The molecular formula is C13H14Cl2N2OS. The lowest BCUT2D eigenvalue weighted by Crippen LogP contribution is -1.99. The van der Waals surface area contributed by atoms with Crippen molar-refractivity contribution in [2.75, 3.05) is 11.9 Å². The van der Waals surface area contributed by atoms with Crippen molar-refractivity contribution in [1.29, 1.82) is 0 Å². The number of benzene rings is 1. The predicted octanol–water partition coefficient (Wildman–Crippen LogP) is 4.85. The maximum atomic E-state index is 6.16. The third-order valence-corrected chi connectivity index (χ3v) is 3.80. The molecule has 0 aliphatic carbocycles. The van der Waals surface area contributed by atoms with Gasteiger partial charge in [-0.3, -0.25) is 0 Å². The number of aromatic nitrogens is 1. The van der Waals surface area contributed by atoms with Crippen LogP contribution in [0.3, 0.4) is 0 Å². The van der Waals surface area contributed by atoms with Crippen LogP contribution in [0.15, 0.2) is 24.4 Å². The van der Waals surface area contributed by atoms with Crippen molar-refractivity contribution >= 4 is 40.2 Å². The van der Waals surface area contributed by atoms with E-state index in [-0.39, 0.29) is 0 Å². The number of hydrogen-bond acceptors (Lipinski definition) is 4. The minimum absolute atomic E-state index is 0.554. The van der Waals surface area contributed by atoms with Crippen LogP contribution in [0.1, 0.15) is 18.2 Å². The van der Waals surface area contributed by atoms with E-state index in [9.17, 15) is 0 Å². The second kappa shape index (κ2) is 6.98. The van der Waals surface area contributed by atoms with Crippen molar-refractivity contribution in [3.8, 4) is 5.75 Å². The second-order valence-electron chi connectivity index (χ2n) is 3.93. The van der Waals surface area contributed by atoms with E-state index in [4.69, 9.17) is 27.9 Å². The summed E-state index contributed by atoms with van der Waals surface area (Å²) in [6, 6.07) is 5.68. The topological polar surface area (TPSA) is 34.1 Å². The Morgan fingerprint density at radius 2 is 2.21 bits per heavy atom. The van der Waals surface area contributed by atoms with Gasteiger partial charge in [-0.05, 0) is 24.6 Å². The van der Waals surface area contributed by atoms with Gasteiger partial charge in [0.2, 0.25) is 0 Å². The molecule has 0 bridgehead atoms. The summed E-state index contributed by atoms with van der Waals surface area (Å²) in [6.07, 6.45) is 2.73. The number of nitrogens with one attached hydrogen (secondary N) is 1. The van der Waals surface area contributed by atoms with Gasteiger partial charge in [-0.15, -0.1) is 11.3 Å². The van der Waals surface area contributed by atoms with Crippen LogP contribution < -0.4 is 10.1 Å². The van der Waals surface area contributed by atoms with Crippen molar-refractivity contribution in [1.82, 2.24) is 4.98 Å². The molecule has 2 aromatic rings. The van der Waals surface area contributed by atoms with Crippen LogP contribution in [-0.2, 0) is 6.54 Å². The fourth-order valence-electron chi connectivity index (χ4n) is 1.49. The zero-order chi connectivity index (χ0) is 13.7. The molecule has 1 aromatic heterocycles. The first kappa shape index (κ1) is 14.4. The van der Waals surface area contributed by atoms with Crippen molar-refractivity contribution < 1.29 is 4.74 Å². The first-order valence-electron chi connectivity index (χ1n) is 5.95. The molecular weight excluding hydrogens is 303 g/mol. The number of nitrogens with zero attached hydrogens (tertiary/aromatic N) is 1. The molecule has 0 amide bonds. The monoisotopic (exact) mass is 316 g/mol. The fourth-order valence-corrected chi connectivity index (χ4v) is 2.65. The van der Waals surface area contributed by atoms with Gasteiger partial charge in [0.05, 0.1) is 18.2 Å². The highest BCUT2D eigenvalue weighted by molar-refractivity contribution is 7.15. The van der Waals surface area contributed by atoms with Crippen LogP contribution in [-0.4, -0.2) is 11.6 Å². The van der Waals surface area contributed by atoms with Gasteiger partial charge in [0.1, 0.15) is 5.75 Å². The normalized spacial score (nSPS) is 10.5. The Morgan fingerprint density at radius 1 is 1.37 bits per heavy atom. The predicted molar refractivity (Wildman–Crippen MR) is 81.7 cm³/mol. The maximum Gasteiger partial charge on any atom is 0.183 e. The third kappa shape index (κ3) is 4.27. The molecule has 19 heavy (non-hydrogen) atoms. The van der Waals surface area contributed by atoms with Gasteiger partial charge in [-0.25, -0.2) is 4.98 Å². The summed E-state index contributed by atoms with van der Waals surface area (Å²) in [5.74, 6) is 0.718. The van der Waals surface area contributed by atoms with E-state index in [0.717, 1.165) is 22.7 Å². The zero-order valence-corrected chi connectivity index (χ0v) is 12.8. The summed E-state index contributed by atoms with van der Waals surface area (Å²) >= 11 is 13.4. The lowest BCUT2D eigenvalue weighted by atomic mass is 10.3. The molecule has 0 aliphatic rings. The lowest BCUT2D eigenvalue weighted by Gasteiger charge is -2.09. The summed E-state index contributed by atoms with van der Waals surface area (Å²) in [6.45, 7) is 3.41. The standard InChI is InChI=1S/C13H14Cl2N2OS/c1-2-5-18-12-4-3-9(6-11(12)14)16-7-10-8-17-13(15)19-10/h3-4,6,8,16H,2,5,7H2,1H3. The number of anilines is 1. The van der Waals surface area contributed by atoms with Crippen molar-refractivity contribution in [2.45, 2.75) is 19.9 Å². The van der Waals surface area contributed by atoms with Gasteiger partial charge in [0.15, 0.2) is 4.47 Å². The summed E-state index contributed by atoms with van der Waals surface area (Å²) in [5, 5.41) is 3.88. The van der Waals surface area contributed by atoms with Gasteiger partial charge < -0.3 is 10.1 Å².